The number of carboxylic acid groups (broad SMARTS) is 1. The number of aliphatic carboxylic acids is 1. The van der Waals surface area contributed by atoms with Crippen molar-refractivity contribution in [3.8, 4) is 0 Å². The Hall–Kier alpha value is -3.08. The zero-order valence-electron chi connectivity index (χ0n) is 22.5. The van der Waals surface area contributed by atoms with Crippen LogP contribution in [0.25, 0.3) is 0 Å². The average Bonchev–Trinajstić information content (AvgIpc) is 3.65. The molecule has 3 saturated heterocycles. The minimum absolute atomic E-state index is 0.00532. The zero-order chi connectivity index (χ0) is 28.6. The van der Waals surface area contributed by atoms with Gasteiger partial charge in [-0.25, -0.2) is 9.48 Å². The first-order valence-electron chi connectivity index (χ1n) is 13.5. The molecule has 4 aliphatic rings. The van der Waals surface area contributed by atoms with Crippen molar-refractivity contribution in [2.75, 3.05) is 45.9 Å². The Morgan fingerprint density at radius 2 is 2.00 bits per heavy atom. The summed E-state index contributed by atoms with van der Waals surface area (Å²) in [6.45, 7) is 7.53. The lowest BCUT2D eigenvalue weighted by atomic mass is 9.78. The second-order valence-corrected chi connectivity index (χ2v) is 12.1. The van der Waals surface area contributed by atoms with Crippen LogP contribution in [0.5, 0.6) is 0 Å². The van der Waals surface area contributed by atoms with Gasteiger partial charge in [0.2, 0.25) is 17.7 Å². The third kappa shape index (κ3) is 5.44. The van der Waals surface area contributed by atoms with Crippen molar-refractivity contribution in [2.45, 2.75) is 50.2 Å². The third-order valence-corrected chi connectivity index (χ3v) is 9.71. The molecule has 0 saturated carbocycles. The summed E-state index contributed by atoms with van der Waals surface area (Å²) in [5.74, 6) is -2.56. The zero-order valence-corrected chi connectivity index (χ0v) is 23.3. The molecule has 16 heteroatoms. The number of carboxylic acids is 1. The van der Waals surface area contributed by atoms with Gasteiger partial charge in [-0.1, -0.05) is 6.92 Å². The molecule has 15 nitrogen and oxygen atoms in total. The normalized spacial score (nSPS) is 29.4. The van der Waals surface area contributed by atoms with Crippen LogP contribution in [-0.4, -0.2) is 138 Å². The molecule has 0 unspecified atom stereocenters. The number of carbonyl (C=O) groups is 4. The van der Waals surface area contributed by atoms with E-state index >= 15 is 0 Å². The molecule has 0 radical (unpaired) electrons. The molecule has 3 fully saturated rings. The smallest absolute Gasteiger partial charge is 0.353 e. The molecule has 5 rings (SSSR count). The van der Waals surface area contributed by atoms with Gasteiger partial charge in [-0.05, 0) is 23.8 Å². The van der Waals surface area contributed by atoms with Gasteiger partial charge in [-0.3, -0.25) is 19.3 Å². The highest BCUT2D eigenvalue weighted by Crippen LogP contribution is 2.51. The highest BCUT2D eigenvalue weighted by Gasteiger charge is 2.60. The maximum absolute atomic E-state index is 13.2. The molecule has 3 amide bonds. The maximum Gasteiger partial charge on any atom is 0.353 e. The van der Waals surface area contributed by atoms with Crippen LogP contribution in [0.15, 0.2) is 16.9 Å². The lowest BCUT2D eigenvalue weighted by Gasteiger charge is -2.47. The summed E-state index contributed by atoms with van der Waals surface area (Å²) in [5.41, 5.74) is 0.00532. The molecular weight excluding hydrogens is 542 g/mol. The predicted molar refractivity (Wildman–Crippen MR) is 141 cm³/mol. The molecule has 0 bridgehead atoms. The fraction of sp³-hybridized carbons (Fsp3) is 0.708. The summed E-state index contributed by atoms with van der Waals surface area (Å²) in [7, 11) is 0. The van der Waals surface area contributed by atoms with Crippen LogP contribution in [0, 0.1) is 11.8 Å². The monoisotopic (exact) mass is 577 g/mol. The molecule has 0 aliphatic carbocycles. The number of β-amino-alcohol motifs (C(OH)–C–C–N with tert-alkyl or cyclic N) is 1. The summed E-state index contributed by atoms with van der Waals surface area (Å²) in [6.07, 6.45) is 1.89. The van der Waals surface area contributed by atoms with Crippen molar-refractivity contribution in [2.24, 2.45) is 11.8 Å². The van der Waals surface area contributed by atoms with E-state index < -0.39 is 17.9 Å². The number of piperazine rings is 1. The Kier molecular flexibility index (Phi) is 8.39. The summed E-state index contributed by atoms with van der Waals surface area (Å²) in [5, 5.41) is 36.0. The topological polar surface area (TPSA) is 186 Å². The fourth-order valence-electron chi connectivity index (χ4n) is 6.20. The Labute approximate surface area is 235 Å². The highest BCUT2D eigenvalue weighted by atomic mass is 32.2. The van der Waals surface area contributed by atoms with E-state index in [0.29, 0.717) is 37.5 Å². The summed E-state index contributed by atoms with van der Waals surface area (Å²) >= 11 is 1.44. The standard InChI is InChI=1S/C24H35N9O6S/c1-13-19-18(14(2)27-17(35)11-32-12-26-28-29-32)23(37)33(19)20(24(38)39)21(13)40-15-9-16(25-10-15)22(36)31-5-3-30(4-6-31)7-8-34/h12-16,18-19,25,34H,3-11H2,1-2H3,(H,27,35)(H,38,39)/t13-,14-,15+,16+,18-,19-/m1/s1. The number of amides is 3. The number of aromatic nitrogens is 4. The molecule has 1 aromatic heterocycles. The van der Waals surface area contributed by atoms with E-state index in [1.165, 1.54) is 27.7 Å². The molecule has 4 aliphatic heterocycles. The van der Waals surface area contributed by atoms with Crippen molar-refractivity contribution in [1.82, 2.24) is 45.5 Å². The summed E-state index contributed by atoms with van der Waals surface area (Å²) < 4.78 is 1.28. The Morgan fingerprint density at radius 1 is 1.25 bits per heavy atom. The number of rotatable bonds is 10. The number of nitrogens with zero attached hydrogens (tertiary/aromatic N) is 7. The molecule has 5 heterocycles. The van der Waals surface area contributed by atoms with Crippen LogP contribution >= 0.6 is 11.8 Å². The number of carbonyl (C=O) groups excluding carboxylic acids is 3. The summed E-state index contributed by atoms with van der Waals surface area (Å²) in [4.78, 5) is 57.0. The van der Waals surface area contributed by atoms with E-state index in [0.717, 1.165) is 13.1 Å². The van der Waals surface area contributed by atoms with E-state index in [1.807, 2.05) is 11.8 Å². The van der Waals surface area contributed by atoms with Gasteiger partial charge in [0.25, 0.3) is 0 Å². The van der Waals surface area contributed by atoms with Crippen molar-refractivity contribution in [3.05, 3.63) is 16.9 Å². The Bertz CT molecular complexity index is 1170. The molecule has 40 heavy (non-hydrogen) atoms. The molecule has 218 valence electrons. The number of hydrogen-bond donors (Lipinski definition) is 4. The van der Waals surface area contributed by atoms with E-state index in [1.54, 1.807) is 6.92 Å². The number of β-lactam (4-membered cyclic amide) rings is 1. The highest BCUT2D eigenvalue weighted by molar-refractivity contribution is 8.03. The SMILES string of the molecule is C[C@@H](NC(=O)Cn1cnnn1)[C@H]1C(=O)N2C(C(=O)O)=C(S[C@@H]3CN[C@H](C(=O)N4CCN(CCO)CC4)C3)[C@H](C)[C@H]12. The number of fused-ring (bicyclic) bond motifs is 1. The van der Waals surface area contributed by atoms with E-state index in [2.05, 4.69) is 31.1 Å². The van der Waals surface area contributed by atoms with Gasteiger partial charge in [0.15, 0.2) is 0 Å². The minimum Gasteiger partial charge on any atom is -0.477 e. The Balaban J connectivity index is 1.19. The van der Waals surface area contributed by atoms with Crippen LogP contribution in [-0.2, 0) is 25.7 Å². The van der Waals surface area contributed by atoms with Crippen LogP contribution in [0.4, 0.5) is 0 Å². The van der Waals surface area contributed by atoms with E-state index in [-0.39, 0.29) is 59.8 Å². The minimum atomic E-state index is -1.15. The number of hydrogen-bond acceptors (Lipinski definition) is 11. The molecule has 1 aromatic rings. The van der Waals surface area contributed by atoms with Gasteiger partial charge in [-0.15, -0.1) is 16.9 Å². The van der Waals surface area contributed by atoms with Crippen molar-refractivity contribution >= 4 is 35.5 Å². The number of tetrazole rings is 1. The second kappa shape index (κ2) is 11.8. The number of aliphatic hydroxyl groups excluding tert-OH is 1. The second-order valence-electron chi connectivity index (χ2n) is 10.7. The van der Waals surface area contributed by atoms with Gasteiger partial charge >= 0.3 is 5.97 Å². The molecular formula is C24H35N9O6S. The lowest BCUT2D eigenvalue weighted by Crippen LogP contribution is -2.66. The fourth-order valence-corrected chi connectivity index (χ4v) is 7.68. The lowest BCUT2D eigenvalue weighted by molar-refractivity contribution is -0.158. The molecule has 0 aromatic carbocycles. The summed E-state index contributed by atoms with van der Waals surface area (Å²) in [6, 6.07) is -1.21. The van der Waals surface area contributed by atoms with Crippen molar-refractivity contribution < 1.29 is 29.4 Å². The van der Waals surface area contributed by atoms with Crippen LogP contribution in [0.1, 0.15) is 20.3 Å². The quantitative estimate of drug-likeness (QED) is 0.216. The van der Waals surface area contributed by atoms with Gasteiger partial charge in [0, 0.05) is 61.4 Å². The predicted octanol–water partition coefficient (Wildman–Crippen LogP) is -2.45. The number of nitrogens with one attached hydrogen (secondary N) is 2. The van der Waals surface area contributed by atoms with Crippen molar-refractivity contribution in [3.63, 3.8) is 0 Å². The molecule has 6 atom stereocenters. The number of aliphatic hydroxyl groups is 1. The largest absolute Gasteiger partial charge is 0.477 e. The van der Waals surface area contributed by atoms with E-state index in [9.17, 15) is 24.3 Å². The van der Waals surface area contributed by atoms with Gasteiger partial charge < -0.3 is 30.6 Å². The van der Waals surface area contributed by atoms with E-state index in [4.69, 9.17) is 5.11 Å². The molecule has 4 N–H and O–H groups in total. The van der Waals surface area contributed by atoms with Crippen LogP contribution in [0.2, 0.25) is 0 Å². The van der Waals surface area contributed by atoms with Gasteiger partial charge in [-0.2, -0.15) is 0 Å². The third-order valence-electron chi connectivity index (χ3n) is 8.20. The average molecular weight is 578 g/mol. The maximum atomic E-state index is 13.2. The van der Waals surface area contributed by atoms with Crippen LogP contribution in [0.3, 0.4) is 0 Å². The van der Waals surface area contributed by atoms with Crippen molar-refractivity contribution in [1.29, 1.82) is 0 Å². The first-order valence-corrected chi connectivity index (χ1v) is 14.4. The van der Waals surface area contributed by atoms with Gasteiger partial charge in [0.05, 0.1) is 24.6 Å². The first-order chi connectivity index (χ1) is 19.2. The van der Waals surface area contributed by atoms with Gasteiger partial charge in [0.1, 0.15) is 18.6 Å². The Morgan fingerprint density at radius 3 is 2.65 bits per heavy atom. The molecule has 0 spiro atoms. The number of thioether (sulfide) groups is 1. The first kappa shape index (κ1) is 28.4. The van der Waals surface area contributed by atoms with Crippen LogP contribution < -0.4 is 10.6 Å².